The molecule has 0 aliphatic carbocycles. The Morgan fingerprint density at radius 2 is 2.33 bits per heavy atom. The predicted molar refractivity (Wildman–Crippen MR) is 58.2 cm³/mol. The molecule has 0 radical (unpaired) electrons. The fourth-order valence-corrected chi connectivity index (χ4v) is 1.83. The zero-order valence-electron chi connectivity index (χ0n) is 6.23. The Labute approximate surface area is 89.4 Å². The maximum Gasteiger partial charge on any atom is 0.144 e. The molecule has 2 nitrogen and oxygen atoms in total. The van der Waals surface area contributed by atoms with E-state index in [2.05, 4.69) is 27.9 Å². The van der Waals surface area contributed by atoms with Gasteiger partial charge in [-0.3, -0.25) is 0 Å². The molecule has 64 valence electrons. The topological polar surface area (TPSA) is 21.3 Å². The zero-order valence-corrected chi connectivity index (χ0v) is 9.15. The van der Waals surface area contributed by atoms with Crippen molar-refractivity contribution in [2.75, 3.05) is 18.5 Å². The highest BCUT2D eigenvalue weighted by Gasteiger charge is 2.14. The molecule has 0 unspecified atom stereocenters. The van der Waals surface area contributed by atoms with E-state index in [1.807, 2.05) is 12.1 Å². The van der Waals surface area contributed by atoms with Crippen LogP contribution in [0.3, 0.4) is 0 Å². The number of hydrogen-bond acceptors (Lipinski definition) is 2. The van der Waals surface area contributed by atoms with E-state index < -0.39 is 0 Å². The molecule has 0 amide bonds. The van der Waals surface area contributed by atoms with Crippen LogP contribution in [0.1, 0.15) is 0 Å². The van der Waals surface area contributed by atoms with Gasteiger partial charge in [-0.2, -0.15) is 0 Å². The minimum absolute atomic E-state index is 0.712. The molecule has 1 N–H and O–H groups in total. The highest BCUT2D eigenvalue weighted by atomic mass is 127. The summed E-state index contributed by atoms with van der Waals surface area (Å²) in [5.41, 5.74) is 0.926. The van der Waals surface area contributed by atoms with Crippen molar-refractivity contribution in [3.8, 4) is 5.75 Å². The van der Waals surface area contributed by atoms with Gasteiger partial charge in [-0.25, -0.2) is 0 Å². The first kappa shape index (κ1) is 8.44. The van der Waals surface area contributed by atoms with Crippen LogP contribution in [0.25, 0.3) is 0 Å². The summed E-state index contributed by atoms with van der Waals surface area (Å²) < 4.78 is 6.46. The Morgan fingerprint density at radius 1 is 1.50 bits per heavy atom. The molecule has 1 heterocycles. The lowest BCUT2D eigenvalue weighted by Gasteiger charge is -2.20. The van der Waals surface area contributed by atoms with E-state index in [9.17, 15) is 0 Å². The molecule has 2 rings (SSSR count). The van der Waals surface area contributed by atoms with Crippen molar-refractivity contribution in [2.45, 2.75) is 0 Å². The second-order valence-corrected chi connectivity index (χ2v) is 4.05. The summed E-state index contributed by atoms with van der Waals surface area (Å²) in [6.45, 7) is 1.54. The first-order chi connectivity index (χ1) is 5.79. The minimum atomic E-state index is 0.712. The Hall–Kier alpha value is -0.160. The smallest absolute Gasteiger partial charge is 0.144 e. The molecule has 1 aromatic carbocycles. The van der Waals surface area contributed by atoms with Gasteiger partial charge < -0.3 is 10.1 Å². The van der Waals surface area contributed by atoms with Crippen LogP contribution in [0.15, 0.2) is 12.1 Å². The van der Waals surface area contributed by atoms with Gasteiger partial charge in [0.05, 0.1) is 10.7 Å². The molecule has 1 aliphatic heterocycles. The predicted octanol–water partition coefficient (Wildman–Crippen LogP) is 2.75. The number of anilines is 1. The molecule has 1 aromatic rings. The minimum Gasteiger partial charge on any atom is -0.490 e. The molecule has 0 atom stereocenters. The summed E-state index contributed by atoms with van der Waals surface area (Å²) in [5.74, 6) is 0.853. The highest BCUT2D eigenvalue weighted by Crippen LogP contribution is 2.37. The van der Waals surface area contributed by atoms with Crippen LogP contribution in [0, 0.1) is 3.57 Å². The van der Waals surface area contributed by atoms with Crippen molar-refractivity contribution in [3.63, 3.8) is 0 Å². The standard InChI is InChI=1S/C8H7ClINO/c9-7-5(10)1-2-6-8(7)11-3-4-12-6/h1-2,11H,3-4H2. The lowest BCUT2D eigenvalue weighted by Crippen LogP contribution is -2.18. The van der Waals surface area contributed by atoms with Crippen LogP contribution in [-0.2, 0) is 0 Å². The molecule has 0 bridgehead atoms. The van der Waals surface area contributed by atoms with Gasteiger partial charge in [-0.1, -0.05) is 11.6 Å². The van der Waals surface area contributed by atoms with Crippen molar-refractivity contribution in [1.82, 2.24) is 0 Å². The largest absolute Gasteiger partial charge is 0.490 e. The Morgan fingerprint density at radius 3 is 3.17 bits per heavy atom. The highest BCUT2D eigenvalue weighted by molar-refractivity contribution is 14.1. The van der Waals surface area contributed by atoms with E-state index in [4.69, 9.17) is 16.3 Å². The van der Waals surface area contributed by atoms with E-state index in [1.54, 1.807) is 0 Å². The summed E-state index contributed by atoms with van der Waals surface area (Å²) in [4.78, 5) is 0. The number of hydrogen-bond donors (Lipinski definition) is 1. The van der Waals surface area contributed by atoms with Gasteiger partial charge in [0.2, 0.25) is 0 Å². The molecular weight excluding hydrogens is 288 g/mol. The van der Waals surface area contributed by atoms with Gasteiger partial charge in [0.15, 0.2) is 0 Å². The van der Waals surface area contributed by atoms with Crippen LogP contribution in [0.4, 0.5) is 5.69 Å². The maximum absolute atomic E-state index is 6.06. The molecule has 0 spiro atoms. The van der Waals surface area contributed by atoms with Gasteiger partial charge in [-0.15, -0.1) is 0 Å². The van der Waals surface area contributed by atoms with Crippen molar-refractivity contribution < 1.29 is 4.74 Å². The van der Waals surface area contributed by atoms with E-state index in [-0.39, 0.29) is 0 Å². The Kier molecular flexibility index (Phi) is 2.32. The number of ether oxygens (including phenoxy) is 1. The number of fused-ring (bicyclic) bond motifs is 1. The molecule has 4 heteroatoms. The van der Waals surface area contributed by atoms with E-state index in [0.29, 0.717) is 6.61 Å². The van der Waals surface area contributed by atoms with Gasteiger partial charge in [0, 0.05) is 10.1 Å². The van der Waals surface area contributed by atoms with Gasteiger partial charge in [0.1, 0.15) is 12.4 Å². The first-order valence-electron chi connectivity index (χ1n) is 3.64. The third-order valence-corrected chi connectivity index (χ3v) is 3.33. The summed E-state index contributed by atoms with van der Waals surface area (Å²) in [7, 11) is 0. The van der Waals surface area contributed by atoms with Crippen molar-refractivity contribution in [2.24, 2.45) is 0 Å². The van der Waals surface area contributed by atoms with Crippen LogP contribution in [0.2, 0.25) is 5.02 Å². The first-order valence-corrected chi connectivity index (χ1v) is 5.09. The number of nitrogens with one attached hydrogen (secondary N) is 1. The summed E-state index contributed by atoms with van der Waals surface area (Å²) >= 11 is 8.26. The molecule has 0 aromatic heterocycles. The zero-order chi connectivity index (χ0) is 8.55. The average Bonchev–Trinajstić information content (AvgIpc) is 2.12. The summed E-state index contributed by atoms with van der Waals surface area (Å²) in [5, 5.41) is 3.97. The lowest BCUT2D eigenvalue weighted by atomic mass is 10.2. The van der Waals surface area contributed by atoms with Gasteiger partial charge in [0.25, 0.3) is 0 Å². The van der Waals surface area contributed by atoms with Crippen LogP contribution in [-0.4, -0.2) is 13.2 Å². The summed E-state index contributed by atoms with van der Waals surface area (Å²) in [6, 6.07) is 3.89. The van der Waals surface area contributed by atoms with Crippen molar-refractivity contribution in [1.29, 1.82) is 0 Å². The van der Waals surface area contributed by atoms with E-state index in [1.165, 1.54) is 0 Å². The fraction of sp³-hybridized carbons (Fsp3) is 0.250. The van der Waals surface area contributed by atoms with Crippen LogP contribution < -0.4 is 10.1 Å². The third-order valence-electron chi connectivity index (χ3n) is 1.72. The molecule has 0 saturated carbocycles. The molecule has 1 aliphatic rings. The van der Waals surface area contributed by atoms with Crippen molar-refractivity contribution in [3.05, 3.63) is 20.7 Å². The number of benzene rings is 1. The second kappa shape index (κ2) is 3.30. The second-order valence-electron chi connectivity index (χ2n) is 2.51. The molecule has 0 saturated heterocycles. The monoisotopic (exact) mass is 295 g/mol. The van der Waals surface area contributed by atoms with Crippen LogP contribution in [0.5, 0.6) is 5.75 Å². The molecular formula is C8H7ClINO. The Bertz CT molecular complexity index is 316. The molecule has 12 heavy (non-hydrogen) atoms. The van der Waals surface area contributed by atoms with Gasteiger partial charge >= 0.3 is 0 Å². The van der Waals surface area contributed by atoms with Gasteiger partial charge in [-0.05, 0) is 34.7 Å². The summed E-state index contributed by atoms with van der Waals surface area (Å²) in [6.07, 6.45) is 0. The third kappa shape index (κ3) is 1.35. The average molecular weight is 296 g/mol. The number of halogens is 2. The van der Waals surface area contributed by atoms with E-state index in [0.717, 1.165) is 26.6 Å². The SMILES string of the molecule is Clc1c(I)ccc2c1NCCO2. The van der Waals surface area contributed by atoms with Crippen molar-refractivity contribution >= 4 is 39.9 Å². The normalized spacial score (nSPS) is 14.5. The Balaban J connectivity index is 2.54. The van der Waals surface area contributed by atoms with Crippen LogP contribution >= 0.6 is 34.2 Å². The lowest BCUT2D eigenvalue weighted by molar-refractivity contribution is 0.323. The maximum atomic E-state index is 6.06. The fourth-order valence-electron chi connectivity index (χ4n) is 1.15. The quantitative estimate of drug-likeness (QED) is 0.743. The number of rotatable bonds is 0. The molecule has 0 fully saturated rings. The van der Waals surface area contributed by atoms with E-state index >= 15 is 0 Å².